The minimum Gasteiger partial charge on any atom is -0.384 e. The monoisotopic (exact) mass is 355 g/mol. The van der Waals surface area contributed by atoms with Crippen LogP contribution in [0.4, 0.5) is 5.82 Å². The third-order valence-electron chi connectivity index (χ3n) is 4.51. The van der Waals surface area contributed by atoms with Crippen LogP contribution < -0.4 is 5.73 Å². The van der Waals surface area contributed by atoms with Crippen LogP contribution >= 0.6 is 0 Å². The zero-order valence-corrected chi connectivity index (χ0v) is 15.1. The van der Waals surface area contributed by atoms with Gasteiger partial charge in [0.15, 0.2) is 0 Å². The molecular formula is C20H25N3O3. The highest BCUT2D eigenvalue weighted by Gasteiger charge is 2.25. The molecule has 6 heteroatoms. The first-order valence-electron chi connectivity index (χ1n) is 8.85. The number of methoxy groups -OCH3 is 1. The number of amides is 1. The summed E-state index contributed by atoms with van der Waals surface area (Å²) in [6.07, 6.45) is 3.44. The van der Waals surface area contributed by atoms with Gasteiger partial charge < -0.3 is 20.1 Å². The van der Waals surface area contributed by atoms with Gasteiger partial charge in [-0.15, -0.1) is 0 Å². The third-order valence-corrected chi connectivity index (χ3v) is 4.51. The first-order chi connectivity index (χ1) is 12.7. The highest BCUT2D eigenvalue weighted by atomic mass is 16.5. The van der Waals surface area contributed by atoms with Crippen LogP contribution in [0.1, 0.15) is 27.9 Å². The maximum atomic E-state index is 12.8. The molecule has 1 aromatic carbocycles. The molecule has 1 aromatic heterocycles. The molecule has 2 aromatic rings. The number of rotatable bonds is 6. The van der Waals surface area contributed by atoms with Gasteiger partial charge >= 0.3 is 0 Å². The van der Waals surface area contributed by atoms with Crippen LogP contribution in [0.5, 0.6) is 0 Å². The first-order valence-corrected chi connectivity index (χ1v) is 8.85. The van der Waals surface area contributed by atoms with Crippen LogP contribution in [0.3, 0.4) is 0 Å². The molecule has 1 saturated heterocycles. The number of carbonyl (C=O) groups is 1. The molecule has 138 valence electrons. The van der Waals surface area contributed by atoms with Gasteiger partial charge in [0.1, 0.15) is 5.82 Å². The van der Waals surface area contributed by atoms with Crippen LogP contribution in [-0.2, 0) is 22.5 Å². The van der Waals surface area contributed by atoms with Crippen molar-refractivity contribution in [3.05, 3.63) is 59.3 Å². The molecule has 26 heavy (non-hydrogen) atoms. The highest BCUT2D eigenvalue weighted by molar-refractivity contribution is 5.94. The molecule has 1 atom stereocenters. The summed E-state index contributed by atoms with van der Waals surface area (Å²) in [5.41, 5.74) is 8.55. The van der Waals surface area contributed by atoms with Crippen LogP contribution in [0.25, 0.3) is 0 Å². The summed E-state index contributed by atoms with van der Waals surface area (Å²) in [6, 6.07) is 11.5. The van der Waals surface area contributed by atoms with Crippen molar-refractivity contribution < 1.29 is 14.3 Å². The highest BCUT2D eigenvalue weighted by Crippen LogP contribution is 2.16. The van der Waals surface area contributed by atoms with Gasteiger partial charge in [0, 0.05) is 32.0 Å². The van der Waals surface area contributed by atoms with Gasteiger partial charge in [0.2, 0.25) is 0 Å². The summed E-state index contributed by atoms with van der Waals surface area (Å²) in [5.74, 6) is 0.573. The second-order valence-electron chi connectivity index (χ2n) is 6.50. The Hall–Kier alpha value is -2.44. The SMILES string of the molecule is COCc1cccc(C(=O)N2CCO[C@H](CCc3ccnc(N)c3)C2)c1. The quantitative estimate of drug-likeness (QED) is 0.860. The van der Waals surface area contributed by atoms with Crippen molar-refractivity contribution in [1.82, 2.24) is 9.88 Å². The van der Waals surface area contributed by atoms with E-state index in [1.165, 1.54) is 0 Å². The number of nitrogen functional groups attached to an aromatic ring is 1. The number of pyridine rings is 1. The van der Waals surface area contributed by atoms with E-state index >= 15 is 0 Å². The number of nitrogens with zero attached hydrogens (tertiary/aromatic N) is 2. The standard InChI is InChI=1S/C20H25N3O3/c1-25-14-16-3-2-4-17(11-16)20(24)23-9-10-26-18(13-23)6-5-15-7-8-22-19(21)12-15/h2-4,7-8,11-12,18H,5-6,9-10,13-14H2,1H3,(H2,21,22)/t18-/m1/s1. The van der Waals surface area contributed by atoms with E-state index in [1.54, 1.807) is 13.3 Å². The van der Waals surface area contributed by atoms with E-state index < -0.39 is 0 Å². The number of ether oxygens (including phenoxy) is 2. The van der Waals surface area contributed by atoms with Crippen molar-refractivity contribution in [1.29, 1.82) is 0 Å². The van der Waals surface area contributed by atoms with Gasteiger partial charge in [-0.05, 0) is 48.2 Å². The number of nitrogens with two attached hydrogens (primary N) is 1. The average Bonchev–Trinajstić information content (AvgIpc) is 2.67. The molecule has 6 nitrogen and oxygen atoms in total. The topological polar surface area (TPSA) is 77.7 Å². The normalized spacial score (nSPS) is 17.3. The van der Waals surface area contributed by atoms with Gasteiger partial charge in [-0.25, -0.2) is 4.98 Å². The number of carbonyl (C=O) groups excluding carboxylic acids is 1. The summed E-state index contributed by atoms with van der Waals surface area (Å²) in [5, 5.41) is 0. The zero-order valence-electron chi connectivity index (χ0n) is 15.1. The second-order valence-corrected chi connectivity index (χ2v) is 6.50. The molecule has 3 rings (SSSR count). The van der Waals surface area contributed by atoms with Crippen LogP contribution in [0.15, 0.2) is 42.6 Å². The minimum absolute atomic E-state index is 0.0317. The number of aryl methyl sites for hydroxylation is 1. The van der Waals surface area contributed by atoms with Crippen LogP contribution in [0, 0.1) is 0 Å². The molecule has 0 unspecified atom stereocenters. The van der Waals surface area contributed by atoms with E-state index in [0.717, 1.165) is 24.0 Å². The van der Waals surface area contributed by atoms with E-state index in [0.29, 0.717) is 37.7 Å². The largest absolute Gasteiger partial charge is 0.384 e. The zero-order chi connectivity index (χ0) is 18.4. The predicted molar refractivity (Wildman–Crippen MR) is 99.8 cm³/mol. The minimum atomic E-state index is 0.0317. The summed E-state index contributed by atoms with van der Waals surface area (Å²) in [6.45, 7) is 2.29. The van der Waals surface area contributed by atoms with Crippen molar-refractivity contribution in [2.75, 3.05) is 32.5 Å². The Balaban J connectivity index is 1.59. The number of anilines is 1. The molecule has 0 bridgehead atoms. The first kappa shape index (κ1) is 18.4. The fourth-order valence-corrected chi connectivity index (χ4v) is 3.20. The van der Waals surface area contributed by atoms with Crippen LogP contribution in [-0.4, -0.2) is 48.7 Å². The Kier molecular flexibility index (Phi) is 6.20. The summed E-state index contributed by atoms with van der Waals surface area (Å²) in [7, 11) is 1.65. The summed E-state index contributed by atoms with van der Waals surface area (Å²) < 4.78 is 11.0. The Bertz CT molecular complexity index is 751. The maximum absolute atomic E-state index is 12.8. The predicted octanol–water partition coefficient (Wildman–Crippen LogP) is 2.28. The van der Waals surface area contributed by atoms with Crippen molar-refractivity contribution in [2.24, 2.45) is 0 Å². The van der Waals surface area contributed by atoms with Crippen molar-refractivity contribution >= 4 is 11.7 Å². The van der Waals surface area contributed by atoms with E-state index in [1.807, 2.05) is 41.3 Å². The lowest BCUT2D eigenvalue weighted by molar-refractivity contribution is -0.0246. The average molecular weight is 355 g/mol. The Labute approximate surface area is 153 Å². The number of hydrogen-bond donors (Lipinski definition) is 1. The van der Waals surface area contributed by atoms with Crippen molar-refractivity contribution in [3.63, 3.8) is 0 Å². The summed E-state index contributed by atoms with van der Waals surface area (Å²) in [4.78, 5) is 18.7. The molecule has 0 saturated carbocycles. The molecule has 1 aliphatic rings. The van der Waals surface area contributed by atoms with E-state index in [9.17, 15) is 4.79 Å². The molecular weight excluding hydrogens is 330 g/mol. The number of hydrogen-bond acceptors (Lipinski definition) is 5. The van der Waals surface area contributed by atoms with Gasteiger partial charge in [-0.3, -0.25) is 4.79 Å². The second kappa shape index (κ2) is 8.78. The smallest absolute Gasteiger partial charge is 0.254 e. The number of morpholine rings is 1. The van der Waals surface area contributed by atoms with E-state index in [-0.39, 0.29) is 12.0 Å². The maximum Gasteiger partial charge on any atom is 0.254 e. The van der Waals surface area contributed by atoms with Gasteiger partial charge in [-0.2, -0.15) is 0 Å². The van der Waals surface area contributed by atoms with Gasteiger partial charge in [0.25, 0.3) is 5.91 Å². The lowest BCUT2D eigenvalue weighted by atomic mass is 10.1. The fraction of sp³-hybridized carbons (Fsp3) is 0.400. The molecule has 0 spiro atoms. The molecule has 0 radical (unpaired) electrons. The van der Waals surface area contributed by atoms with Crippen molar-refractivity contribution in [3.8, 4) is 0 Å². The summed E-state index contributed by atoms with van der Waals surface area (Å²) >= 11 is 0. The fourth-order valence-electron chi connectivity index (χ4n) is 3.20. The molecule has 1 fully saturated rings. The van der Waals surface area contributed by atoms with Gasteiger partial charge in [-0.1, -0.05) is 12.1 Å². The molecule has 0 aliphatic carbocycles. The van der Waals surface area contributed by atoms with E-state index in [4.69, 9.17) is 15.2 Å². The van der Waals surface area contributed by atoms with Gasteiger partial charge in [0.05, 0.1) is 19.3 Å². The molecule has 1 aliphatic heterocycles. The molecule has 2 heterocycles. The Morgan fingerprint density at radius 3 is 3.04 bits per heavy atom. The Morgan fingerprint density at radius 1 is 1.35 bits per heavy atom. The van der Waals surface area contributed by atoms with Crippen LogP contribution in [0.2, 0.25) is 0 Å². The van der Waals surface area contributed by atoms with Crippen molar-refractivity contribution in [2.45, 2.75) is 25.6 Å². The Morgan fingerprint density at radius 2 is 2.23 bits per heavy atom. The lowest BCUT2D eigenvalue weighted by Crippen LogP contribution is -2.45. The lowest BCUT2D eigenvalue weighted by Gasteiger charge is -2.33. The van der Waals surface area contributed by atoms with E-state index in [2.05, 4.69) is 4.98 Å². The number of aromatic nitrogens is 1. The number of benzene rings is 1. The molecule has 1 amide bonds. The third kappa shape index (κ3) is 4.80. The molecule has 2 N–H and O–H groups in total.